The third kappa shape index (κ3) is 5.24. The van der Waals surface area contributed by atoms with E-state index < -0.39 is 26.8 Å². The van der Waals surface area contributed by atoms with Crippen molar-refractivity contribution in [1.82, 2.24) is 9.88 Å². The van der Waals surface area contributed by atoms with Gasteiger partial charge in [0.2, 0.25) is 5.91 Å². The van der Waals surface area contributed by atoms with E-state index in [1.165, 1.54) is 6.92 Å². The van der Waals surface area contributed by atoms with Crippen molar-refractivity contribution < 1.29 is 26.4 Å². The van der Waals surface area contributed by atoms with Gasteiger partial charge in [0, 0.05) is 19.3 Å². The SMILES string of the molecule is Cc1c(C(F)(F)F)cnc(CC(=O)N2CCC(CS(=O)(=O)C(C)C)CC2)c1C. The Morgan fingerprint density at radius 2 is 1.79 bits per heavy atom. The molecule has 0 unspecified atom stereocenters. The van der Waals surface area contributed by atoms with Gasteiger partial charge in [0.25, 0.3) is 0 Å². The average molecular weight is 420 g/mol. The molecule has 1 amide bonds. The van der Waals surface area contributed by atoms with Gasteiger partial charge < -0.3 is 4.90 Å². The molecular formula is C19H27F3N2O3S. The van der Waals surface area contributed by atoms with Crippen LogP contribution in [0.4, 0.5) is 13.2 Å². The van der Waals surface area contributed by atoms with Crippen molar-refractivity contribution in [1.29, 1.82) is 0 Å². The van der Waals surface area contributed by atoms with Crippen LogP contribution in [0.5, 0.6) is 0 Å². The average Bonchev–Trinajstić information content (AvgIpc) is 2.58. The molecule has 1 aromatic rings. The Morgan fingerprint density at radius 1 is 1.21 bits per heavy atom. The number of hydrogen-bond donors (Lipinski definition) is 0. The Morgan fingerprint density at radius 3 is 2.29 bits per heavy atom. The van der Waals surface area contributed by atoms with Gasteiger partial charge in [-0.25, -0.2) is 8.42 Å². The van der Waals surface area contributed by atoms with E-state index >= 15 is 0 Å². The Labute approximate surface area is 164 Å². The van der Waals surface area contributed by atoms with E-state index in [4.69, 9.17) is 0 Å². The number of hydrogen-bond acceptors (Lipinski definition) is 4. The van der Waals surface area contributed by atoms with Gasteiger partial charge in [0.1, 0.15) is 0 Å². The minimum atomic E-state index is -4.47. The van der Waals surface area contributed by atoms with E-state index in [1.54, 1.807) is 25.7 Å². The van der Waals surface area contributed by atoms with Crippen LogP contribution in [-0.4, -0.2) is 48.3 Å². The van der Waals surface area contributed by atoms with E-state index in [1.807, 2.05) is 0 Å². The number of halogens is 3. The van der Waals surface area contributed by atoms with Gasteiger partial charge in [-0.3, -0.25) is 9.78 Å². The lowest BCUT2D eigenvalue weighted by Crippen LogP contribution is -2.41. The standard InChI is InChI=1S/C19H27F3N2O3S/c1-12(2)28(26,27)11-15-5-7-24(8-6-15)18(25)9-17-14(4)13(3)16(10-23-17)19(20,21)22/h10,12,15H,5-9,11H2,1-4H3. The molecule has 9 heteroatoms. The number of nitrogens with zero attached hydrogens (tertiary/aromatic N) is 2. The summed E-state index contributed by atoms with van der Waals surface area (Å²) in [4.78, 5) is 18.1. The van der Waals surface area contributed by atoms with E-state index in [9.17, 15) is 26.4 Å². The molecule has 0 spiro atoms. The van der Waals surface area contributed by atoms with Crippen molar-refractivity contribution in [3.63, 3.8) is 0 Å². The summed E-state index contributed by atoms with van der Waals surface area (Å²) in [7, 11) is -3.12. The second kappa shape index (κ2) is 8.39. The molecule has 0 bridgehead atoms. The van der Waals surface area contributed by atoms with E-state index in [0.29, 0.717) is 37.2 Å². The van der Waals surface area contributed by atoms with Gasteiger partial charge >= 0.3 is 6.18 Å². The maximum atomic E-state index is 13.0. The number of rotatable bonds is 5. The first-order valence-electron chi connectivity index (χ1n) is 9.34. The molecule has 0 atom stereocenters. The van der Waals surface area contributed by atoms with Crippen molar-refractivity contribution >= 4 is 15.7 Å². The zero-order valence-electron chi connectivity index (χ0n) is 16.6. The Bertz CT molecular complexity index is 828. The molecule has 5 nitrogen and oxygen atoms in total. The molecule has 0 saturated carbocycles. The minimum Gasteiger partial charge on any atom is -0.342 e. The van der Waals surface area contributed by atoms with Crippen molar-refractivity contribution in [2.24, 2.45) is 5.92 Å². The number of carbonyl (C=O) groups is 1. The van der Waals surface area contributed by atoms with E-state index in [0.717, 1.165) is 6.20 Å². The molecule has 2 heterocycles. The Hall–Kier alpha value is -1.64. The highest BCUT2D eigenvalue weighted by Gasteiger charge is 2.34. The van der Waals surface area contributed by atoms with Crippen LogP contribution >= 0.6 is 0 Å². The molecule has 1 saturated heterocycles. The van der Waals surface area contributed by atoms with Crippen molar-refractivity contribution in [2.45, 2.75) is 58.4 Å². The van der Waals surface area contributed by atoms with Gasteiger partial charge in [0.15, 0.2) is 9.84 Å². The molecule has 0 radical (unpaired) electrons. The molecule has 0 aliphatic carbocycles. The summed E-state index contributed by atoms with van der Waals surface area (Å²) in [5.74, 6) is -0.0320. The number of carbonyl (C=O) groups excluding carboxylic acids is 1. The molecule has 158 valence electrons. The number of piperidine rings is 1. The number of aromatic nitrogens is 1. The third-order valence-corrected chi connectivity index (χ3v) is 7.90. The zero-order valence-corrected chi connectivity index (χ0v) is 17.5. The van der Waals surface area contributed by atoms with Gasteiger partial charge in [0.05, 0.1) is 28.7 Å². The maximum Gasteiger partial charge on any atom is 0.418 e. The number of likely N-dealkylation sites (tertiary alicyclic amines) is 1. The van der Waals surface area contributed by atoms with Crippen molar-refractivity contribution in [3.8, 4) is 0 Å². The number of pyridine rings is 1. The number of sulfone groups is 1. The quantitative estimate of drug-likeness (QED) is 0.733. The lowest BCUT2D eigenvalue weighted by atomic mass is 9.98. The first kappa shape index (κ1) is 22.6. The monoisotopic (exact) mass is 420 g/mol. The smallest absolute Gasteiger partial charge is 0.342 e. The molecule has 1 aliphatic rings. The topological polar surface area (TPSA) is 67.3 Å². The predicted octanol–water partition coefficient (Wildman–Crippen LogP) is 3.32. The van der Waals surface area contributed by atoms with Crippen LogP contribution in [0.25, 0.3) is 0 Å². The zero-order chi connectivity index (χ0) is 21.3. The maximum absolute atomic E-state index is 13.0. The van der Waals surface area contributed by atoms with Crippen LogP contribution in [0.1, 0.15) is 49.1 Å². The lowest BCUT2D eigenvalue weighted by Gasteiger charge is -2.32. The Kier molecular flexibility index (Phi) is 6.78. The van der Waals surface area contributed by atoms with Crippen LogP contribution in [0, 0.1) is 19.8 Å². The molecule has 0 N–H and O–H groups in total. The highest BCUT2D eigenvalue weighted by Crippen LogP contribution is 2.33. The number of alkyl halides is 3. The van der Waals surface area contributed by atoms with Crippen LogP contribution in [0.15, 0.2) is 6.20 Å². The van der Waals surface area contributed by atoms with Crippen LogP contribution < -0.4 is 0 Å². The van der Waals surface area contributed by atoms with Crippen molar-refractivity contribution in [2.75, 3.05) is 18.8 Å². The molecule has 1 aromatic heterocycles. The fourth-order valence-electron chi connectivity index (χ4n) is 3.34. The van der Waals surface area contributed by atoms with Gasteiger partial charge in [-0.1, -0.05) is 0 Å². The highest BCUT2D eigenvalue weighted by atomic mass is 32.2. The summed E-state index contributed by atoms with van der Waals surface area (Å²) in [6, 6.07) is 0. The normalized spacial score (nSPS) is 16.6. The van der Waals surface area contributed by atoms with Gasteiger partial charge in [-0.15, -0.1) is 0 Å². The molecular weight excluding hydrogens is 393 g/mol. The summed E-state index contributed by atoms with van der Waals surface area (Å²) in [6.45, 7) is 7.16. The number of amides is 1. The summed E-state index contributed by atoms with van der Waals surface area (Å²) in [5.41, 5.74) is 0.0253. The molecule has 2 rings (SSSR count). The fraction of sp³-hybridized carbons (Fsp3) is 0.684. The van der Waals surface area contributed by atoms with Crippen LogP contribution in [0.2, 0.25) is 0 Å². The minimum absolute atomic E-state index is 0.0321. The van der Waals surface area contributed by atoms with Gasteiger partial charge in [-0.05, 0) is 57.6 Å². The summed E-state index contributed by atoms with van der Waals surface area (Å²) in [5, 5.41) is -0.413. The van der Waals surface area contributed by atoms with E-state index in [-0.39, 0.29) is 29.6 Å². The third-order valence-electron chi connectivity index (χ3n) is 5.53. The van der Waals surface area contributed by atoms with Crippen LogP contribution in [0.3, 0.4) is 0 Å². The van der Waals surface area contributed by atoms with Crippen LogP contribution in [-0.2, 0) is 27.2 Å². The lowest BCUT2D eigenvalue weighted by molar-refractivity contribution is -0.138. The molecule has 1 aliphatic heterocycles. The summed E-state index contributed by atoms with van der Waals surface area (Å²) in [6.07, 6.45) is -2.53. The molecule has 28 heavy (non-hydrogen) atoms. The van der Waals surface area contributed by atoms with Crippen molar-refractivity contribution in [3.05, 3.63) is 28.6 Å². The summed E-state index contributed by atoms with van der Waals surface area (Å²) < 4.78 is 63.0. The fourth-order valence-corrected chi connectivity index (χ4v) is 4.72. The Balaban J connectivity index is 1.99. The predicted molar refractivity (Wildman–Crippen MR) is 101 cm³/mol. The highest BCUT2D eigenvalue weighted by molar-refractivity contribution is 7.91. The first-order valence-corrected chi connectivity index (χ1v) is 11.1. The first-order chi connectivity index (χ1) is 12.8. The van der Waals surface area contributed by atoms with E-state index in [2.05, 4.69) is 4.98 Å². The largest absolute Gasteiger partial charge is 0.418 e. The molecule has 0 aromatic carbocycles. The van der Waals surface area contributed by atoms with Gasteiger partial charge in [-0.2, -0.15) is 13.2 Å². The molecule has 1 fully saturated rings. The summed E-state index contributed by atoms with van der Waals surface area (Å²) >= 11 is 0. The second-order valence-corrected chi connectivity index (χ2v) is 10.3. The second-order valence-electron chi connectivity index (χ2n) is 7.75.